The molecule has 0 atom stereocenters. The Bertz CT molecular complexity index is 601. The van der Waals surface area contributed by atoms with E-state index in [9.17, 15) is 0 Å². The van der Waals surface area contributed by atoms with Crippen LogP contribution in [0.1, 0.15) is 12.0 Å². The topological polar surface area (TPSA) is 44.5 Å². The molecule has 104 valence electrons. The largest absolute Gasteiger partial charge is 0.490 e. The monoisotopic (exact) mass is 287 g/mol. The van der Waals surface area contributed by atoms with E-state index in [2.05, 4.69) is 12.1 Å². The summed E-state index contributed by atoms with van der Waals surface area (Å²) in [6.45, 7) is 1.44. The average Bonchev–Trinajstić information content (AvgIpc) is 2.71. The van der Waals surface area contributed by atoms with E-state index in [0.717, 1.165) is 46.4 Å². The van der Waals surface area contributed by atoms with Gasteiger partial charge >= 0.3 is 0 Å². The van der Waals surface area contributed by atoms with Gasteiger partial charge in [0, 0.05) is 22.8 Å². The second-order valence-electron chi connectivity index (χ2n) is 4.65. The lowest BCUT2D eigenvalue weighted by atomic mass is 10.2. The summed E-state index contributed by atoms with van der Waals surface area (Å²) in [5.41, 5.74) is 7.96. The first kappa shape index (κ1) is 13.2. The van der Waals surface area contributed by atoms with Crippen molar-refractivity contribution in [3.63, 3.8) is 0 Å². The smallest absolute Gasteiger partial charge is 0.162 e. The molecular formula is C16H17NO2S. The molecule has 2 N–H and O–H groups in total. The highest BCUT2D eigenvalue weighted by Crippen LogP contribution is 2.35. The molecule has 2 aromatic rings. The van der Waals surface area contributed by atoms with Gasteiger partial charge in [0.2, 0.25) is 0 Å². The Morgan fingerprint density at radius 3 is 2.65 bits per heavy atom. The fourth-order valence-electron chi connectivity index (χ4n) is 2.06. The van der Waals surface area contributed by atoms with Crippen molar-refractivity contribution in [1.82, 2.24) is 0 Å². The van der Waals surface area contributed by atoms with E-state index in [1.807, 2.05) is 30.3 Å². The predicted octanol–water partition coefficient (Wildman–Crippen LogP) is 3.72. The number of fused-ring (bicyclic) bond motifs is 1. The van der Waals surface area contributed by atoms with Crippen LogP contribution in [0.2, 0.25) is 0 Å². The van der Waals surface area contributed by atoms with Crippen LogP contribution in [0.4, 0.5) is 5.69 Å². The van der Waals surface area contributed by atoms with Crippen molar-refractivity contribution in [3.8, 4) is 11.5 Å². The highest BCUT2D eigenvalue weighted by Gasteiger charge is 2.11. The molecule has 1 aliphatic heterocycles. The summed E-state index contributed by atoms with van der Waals surface area (Å²) in [6, 6.07) is 14.1. The quantitative estimate of drug-likeness (QED) is 0.690. The molecule has 0 aromatic heterocycles. The van der Waals surface area contributed by atoms with Gasteiger partial charge in [-0.05, 0) is 29.8 Å². The van der Waals surface area contributed by atoms with Crippen LogP contribution in [0.3, 0.4) is 0 Å². The number of ether oxygens (including phenoxy) is 2. The Morgan fingerprint density at radius 2 is 1.80 bits per heavy atom. The van der Waals surface area contributed by atoms with Gasteiger partial charge in [0.1, 0.15) is 0 Å². The molecule has 3 nitrogen and oxygen atoms in total. The molecule has 20 heavy (non-hydrogen) atoms. The molecule has 0 saturated heterocycles. The summed E-state index contributed by atoms with van der Waals surface area (Å²) in [5.74, 6) is 2.53. The minimum absolute atomic E-state index is 0.715. The highest BCUT2D eigenvalue weighted by molar-refractivity contribution is 7.98. The average molecular weight is 287 g/mol. The maximum atomic E-state index is 5.96. The van der Waals surface area contributed by atoms with Gasteiger partial charge in [-0.3, -0.25) is 0 Å². The Kier molecular flexibility index (Phi) is 4.02. The molecule has 1 heterocycles. The number of anilines is 1. The van der Waals surface area contributed by atoms with Crippen molar-refractivity contribution in [3.05, 3.63) is 48.0 Å². The molecule has 0 saturated carbocycles. The van der Waals surface area contributed by atoms with E-state index in [4.69, 9.17) is 15.2 Å². The number of para-hydroxylation sites is 1. The van der Waals surface area contributed by atoms with Crippen LogP contribution in [0.5, 0.6) is 11.5 Å². The van der Waals surface area contributed by atoms with Crippen molar-refractivity contribution in [2.45, 2.75) is 17.1 Å². The van der Waals surface area contributed by atoms with Gasteiger partial charge in [-0.1, -0.05) is 18.2 Å². The number of nitrogen functional groups attached to an aromatic ring is 1. The Balaban J connectivity index is 1.72. The summed E-state index contributed by atoms with van der Waals surface area (Å²) in [6.07, 6.45) is 0.928. The summed E-state index contributed by atoms with van der Waals surface area (Å²) in [4.78, 5) is 1.16. The first-order valence-corrected chi connectivity index (χ1v) is 7.67. The van der Waals surface area contributed by atoms with Gasteiger partial charge in [0.15, 0.2) is 11.5 Å². The SMILES string of the molecule is Nc1ccccc1CSc1ccc2c(c1)OCCCO2. The first-order chi connectivity index (χ1) is 9.83. The number of thioether (sulfide) groups is 1. The van der Waals surface area contributed by atoms with E-state index in [1.54, 1.807) is 11.8 Å². The summed E-state index contributed by atoms with van der Waals surface area (Å²) in [5, 5.41) is 0. The predicted molar refractivity (Wildman–Crippen MR) is 82.5 cm³/mol. The van der Waals surface area contributed by atoms with Crippen LogP contribution in [0.15, 0.2) is 47.4 Å². The van der Waals surface area contributed by atoms with E-state index in [0.29, 0.717) is 6.61 Å². The van der Waals surface area contributed by atoms with Gasteiger partial charge in [0.25, 0.3) is 0 Å². The van der Waals surface area contributed by atoms with E-state index in [-0.39, 0.29) is 0 Å². The zero-order valence-electron chi connectivity index (χ0n) is 11.2. The minimum Gasteiger partial charge on any atom is -0.490 e. The van der Waals surface area contributed by atoms with Crippen molar-refractivity contribution in [1.29, 1.82) is 0 Å². The molecule has 0 fully saturated rings. The number of hydrogen-bond acceptors (Lipinski definition) is 4. The number of benzene rings is 2. The van der Waals surface area contributed by atoms with Crippen LogP contribution < -0.4 is 15.2 Å². The van der Waals surface area contributed by atoms with Crippen LogP contribution in [0, 0.1) is 0 Å². The van der Waals surface area contributed by atoms with Crippen molar-refractivity contribution in [2.24, 2.45) is 0 Å². The summed E-state index contributed by atoms with van der Waals surface area (Å²) in [7, 11) is 0. The number of hydrogen-bond donors (Lipinski definition) is 1. The molecule has 0 aliphatic carbocycles. The second-order valence-corrected chi connectivity index (χ2v) is 5.70. The van der Waals surface area contributed by atoms with E-state index < -0.39 is 0 Å². The van der Waals surface area contributed by atoms with Gasteiger partial charge < -0.3 is 15.2 Å². The normalized spacial score (nSPS) is 13.8. The lowest BCUT2D eigenvalue weighted by molar-refractivity contribution is 0.297. The maximum Gasteiger partial charge on any atom is 0.162 e. The van der Waals surface area contributed by atoms with Crippen LogP contribution in [0.25, 0.3) is 0 Å². The lowest BCUT2D eigenvalue weighted by Gasteiger charge is -2.09. The third-order valence-corrected chi connectivity index (χ3v) is 4.21. The molecule has 0 unspecified atom stereocenters. The molecular weight excluding hydrogens is 270 g/mol. The molecule has 0 bridgehead atoms. The lowest BCUT2D eigenvalue weighted by Crippen LogP contribution is -1.97. The number of rotatable bonds is 3. The molecule has 0 amide bonds. The van der Waals surface area contributed by atoms with Gasteiger partial charge in [-0.15, -0.1) is 11.8 Å². The van der Waals surface area contributed by atoms with Crippen molar-refractivity contribution in [2.75, 3.05) is 18.9 Å². The van der Waals surface area contributed by atoms with Gasteiger partial charge in [0.05, 0.1) is 13.2 Å². The Hall–Kier alpha value is -1.81. The van der Waals surface area contributed by atoms with E-state index >= 15 is 0 Å². The standard InChI is InChI=1S/C16H17NO2S/c17-14-5-2-1-4-12(14)11-20-13-6-7-15-16(10-13)19-9-3-8-18-15/h1-2,4-7,10H,3,8-9,11,17H2. The zero-order chi connectivity index (χ0) is 13.8. The highest BCUT2D eigenvalue weighted by atomic mass is 32.2. The summed E-state index contributed by atoms with van der Waals surface area (Å²) >= 11 is 1.75. The first-order valence-electron chi connectivity index (χ1n) is 6.69. The maximum absolute atomic E-state index is 5.96. The van der Waals surface area contributed by atoms with Crippen LogP contribution >= 0.6 is 11.8 Å². The Morgan fingerprint density at radius 1 is 1.00 bits per heavy atom. The minimum atomic E-state index is 0.715. The number of nitrogens with two attached hydrogens (primary N) is 1. The van der Waals surface area contributed by atoms with Crippen LogP contribution in [-0.4, -0.2) is 13.2 Å². The van der Waals surface area contributed by atoms with Gasteiger partial charge in [-0.2, -0.15) is 0 Å². The third kappa shape index (κ3) is 3.02. The molecule has 2 aromatic carbocycles. The van der Waals surface area contributed by atoms with Crippen molar-refractivity contribution >= 4 is 17.4 Å². The van der Waals surface area contributed by atoms with Gasteiger partial charge in [-0.25, -0.2) is 0 Å². The van der Waals surface area contributed by atoms with E-state index in [1.165, 1.54) is 0 Å². The second kappa shape index (κ2) is 6.09. The zero-order valence-corrected chi connectivity index (χ0v) is 12.0. The molecule has 4 heteroatoms. The molecule has 3 rings (SSSR count). The third-order valence-electron chi connectivity index (χ3n) is 3.17. The summed E-state index contributed by atoms with van der Waals surface area (Å²) < 4.78 is 11.3. The van der Waals surface area contributed by atoms with Crippen molar-refractivity contribution < 1.29 is 9.47 Å². The molecule has 0 radical (unpaired) electrons. The molecule has 1 aliphatic rings. The Labute approximate surface area is 123 Å². The fraction of sp³-hybridized carbons (Fsp3) is 0.250. The molecule has 0 spiro atoms. The van der Waals surface area contributed by atoms with Crippen LogP contribution in [-0.2, 0) is 5.75 Å². The fourth-order valence-corrected chi connectivity index (χ4v) is 3.00.